The Kier molecular flexibility index (Phi) is 8.37. The van der Waals surface area contributed by atoms with Gasteiger partial charge in [0.25, 0.3) is 5.91 Å². The molecule has 1 aliphatic heterocycles. The van der Waals surface area contributed by atoms with Crippen LogP contribution in [0.15, 0.2) is 42.5 Å². The van der Waals surface area contributed by atoms with E-state index in [4.69, 9.17) is 19.2 Å². The van der Waals surface area contributed by atoms with Crippen LogP contribution in [0.2, 0.25) is 0 Å². The molecule has 0 aliphatic carbocycles. The molecule has 1 fully saturated rings. The second-order valence-corrected chi connectivity index (χ2v) is 9.70. The summed E-state index contributed by atoms with van der Waals surface area (Å²) in [6.07, 6.45) is 0.855. The van der Waals surface area contributed by atoms with Crippen LogP contribution >= 0.6 is 11.3 Å². The molecule has 0 bridgehead atoms. The van der Waals surface area contributed by atoms with Gasteiger partial charge in [-0.05, 0) is 48.2 Å². The molecule has 8 heteroatoms. The molecule has 0 N–H and O–H groups in total. The Labute approximate surface area is 205 Å². The van der Waals surface area contributed by atoms with E-state index >= 15 is 0 Å². The topological polar surface area (TPSA) is 64.1 Å². The van der Waals surface area contributed by atoms with Gasteiger partial charge in [0.05, 0.1) is 30.5 Å². The largest absolute Gasteiger partial charge is 0.497 e. The molecule has 2 aromatic carbocycles. The zero-order valence-corrected chi connectivity index (χ0v) is 21.0. The van der Waals surface area contributed by atoms with E-state index in [1.165, 1.54) is 16.9 Å². The molecule has 1 saturated heterocycles. The summed E-state index contributed by atoms with van der Waals surface area (Å²) >= 11 is 1.50. The summed E-state index contributed by atoms with van der Waals surface area (Å²) in [6, 6.07) is 13.7. The average molecular weight is 484 g/mol. The van der Waals surface area contributed by atoms with Crippen molar-refractivity contribution in [1.82, 2.24) is 9.88 Å². The quantitative estimate of drug-likeness (QED) is 0.421. The Morgan fingerprint density at radius 3 is 2.59 bits per heavy atom. The van der Waals surface area contributed by atoms with Crippen LogP contribution in [0.3, 0.4) is 0 Å². The number of fused-ring (bicyclic) bond motifs is 1. The maximum atomic E-state index is 13.3. The lowest BCUT2D eigenvalue weighted by Crippen LogP contribution is -2.40. The highest BCUT2D eigenvalue weighted by Gasteiger charge is 2.21. The molecule has 0 saturated carbocycles. The molecule has 0 spiro atoms. The molecule has 7 nitrogen and oxygen atoms in total. The number of aromatic nitrogens is 1. The number of nitrogens with zero attached hydrogens (tertiary/aromatic N) is 3. The fraction of sp³-hybridized carbons (Fsp3) is 0.462. The van der Waals surface area contributed by atoms with E-state index in [1.807, 2.05) is 42.5 Å². The molecule has 0 unspecified atom stereocenters. The van der Waals surface area contributed by atoms with Gasteiger partial charge in [-0.3, -0.25) is 14.6 Å². The first-order valence-corrected chi connectivity index (χ1v) is 12.6. The minimum Gasteiger partial charge on any atom is -0.497 e. The molecule has 2 heterocycles. The third-order valence-corrected chi connectivity index (χ3v) is 7.03. The number of morpholine rings is 1. The lowest BCUT2D eigenvalue weighted by Gasteiger charge is -2.27. The van der Waals surface area contributed by atoms with E-state index in [0.717, 1.165) is 55.2 Å². The van der Waals surface area contributed by atoms with Crippen molar-refractivity contribution in [3.05, 3.63) is 48.0 Å². The van der Waals surface area contributed by atoms with Crippen molar-refractivity contribution in [1.29, 1.82) is 0 Å². The van der Waals surface area contributed by atoms with Crippen LogP contribution in [-0.4, -0.2) is 68.9 Å². The van der Waals surface area contributed by atoms with E-state index in [-0.39, 0.29) is 12.5 Å². The summed E-state index contributed by atoms with van der Waals surface area (Å²) in [5.74, 6) is 1.83. The van der Waals surface area contributed by atoms with E-state index in [1.54, 1.807) is 12.0 Å². The normalized spacial score (nSPS) is 14.5. The van der Waals surface area contributed by atoms with E-state index in [9.17, 15) is 4.79 Å². The highest BCUT2D eigenvalue weighted by Crippen LogP contribution is 2.32. The van der Waals surface area contributed by atoms with Crippen LogP contribution in [0, 0.1) is 0 Å². The number of hydrogen-bond donors (Lipinski definition) is 0. The van der Waals surface area contributed by atoms with Gasteiger partial charge in [0.2, 0.25) is 0 Å². The van der Waals surface area contributed by atoms with Crippen molar-refractivity contribution in [3.63, 3.8) is 0 Å². The molecule has 0 atom stereocenters. The molecule has 1 aliphatic rings. The summed E-state index contributed by atoms with van der Waals surface area (Å²) in [4.78, 5) is 22.2. The third-order valence-electron chi connectivity index (χ3n) is 5.99. The lowest BCUT2D eigenvalue weighted by molar-refractivity contribution is -0.120. The molecular weight excluding hydrogens is 450 g/mol. The predicted octanol–water partition coefficient (Wildman–Crippen LogP) is 4.56. The first-order valence-electron chi connectivity index (χ1n) is 11.8. The van der Waals surface area contributed by atoms with Gasteiger partial charge in [-0.2, -0.15) is 0 Å². The fourth-order valence-electron chi connectivity index (χ4n) is 3.91. The van der Waals surface area contributed by atoms with E-state index in [2.05, 4.69) is 18.7 Å². The molecular formula is C26H33N3O4S. The van der Waals surface area contributed by atoms with Crippen molar-refractivity contribution >= 4 is 32.6 Å². The van der Waals surface area contributed by atoms with Crippen LogP contribution in [-0.2, 0) is 9.53 Å². The molecule has 1 amide bonds. The molecule has 4 rings (SSSR count). The number of rotatable bonds is 10. The highest BCUT2D eigenvalue weighted by atomic mass is 32.1. The van der Waals surface area contributed by atoms with Crippen molar-refractivity contribution in [3.8, 4) is 11.5 Å². The van der Waals surface area contributed by atoms with Crippen LogP contribution in [0.4, 0.5) is 5.13 Å². The zero-order chi connectivity index (χ0) is 23.9. The van der Waals surface area contributed by atoms with Crippen molar-refractivity contribution in [2.24, 2.45) is 0 Å². The third kappa shape index (κ3) is 6.25. The summed E-state index contributed by atoms with van der Waals surface area (Å²) in [6.45, 7) is 9.19. The van der Waals surface area contributed by atoms with Crippen LogP contribution in [0.25, 0.3) is 10.2 Å². The van der Waals surface area contributed by atoms with Gasteiger partial charge < -0.3 is 14.2 Å². The number of carbonyl (C=O) groups excluding carboxylic acids is 1. The Balaban J connectivity index is 1.46. The zero-order valence-electron chi connectivity index (χ0n) is 20.2. The number of amides is 1. The fourth-order valence-corrected chi connectivity index (χ4v) is 4.95. The van der Waals surface area contributed by atoms with Crippen molar-refractivity contribution in [2.75, 3.05) is 58.0 Å². The number of ether oxygens (including phenoxy) is 3. The average Bonchev–Trinajstić information content (AvgIpc) is 3.29. The second kappa shape index (κ2) is 11.6. The number of thiazole rings is 1. The van der Waals surface area contributed by atoms with Gasteiger partial charge in [0.15, 0.2) is 11.7 Å². The van der Waals surface area contributed by atoms with Gasteiger partial charge in [0.1, 0.15) is 11.5 Å². The standard InChI is InChI=1S/C26H33N3O4S/c1-19(2)20-5-7-21(8-6-20)33-18-25(30)29(12-4-11-28-13-15-32-16-14-28)26-27-23-10-9-22(31-3)17-24(23)34-26/h5-10,17,19H,4,11-16,18H2,1-3H3. The molecule has 34 heavy (non-hydrogen) atoms. The van der Waals surface area contributed by atoms with Crippen LogP contribution < -0.4 is 14.4 Å². The Morgan fingerprint density at radius 1 is 1.15 bits per heavy atom. The summed E-state index contributed by atoms with van der Waals surface area (Å²) in [5, 5.41) is 0.689. The minimum atomic E-state index is -0.0964. The highest BCUT2D eigenvalue weighted by molar-refractivity contribution is 7.22. The molecule has 0 radical (unpaired) electrons. The van der Waals surface area contributed by atoms with Gasteiger partial charge in [-0.1, -0.05) is 37.3 Å². The number of hydrogen-bond acceptors (Lipinski definition) is 7. The monoisotopic (exact) mass is 483 g/mol. The second-order valence-electron chi connectivity index (χ2n) is 8.70. The van der Waals surface area contributed by atoms with Gasteiger partial charge in [-0.25, -0.2) is 4.98 Å². The summed E-state index contributed by atoms with van der Waals surface area (Å²) in [5.41, 5.74) is 2.10. The number of benzene rings is 2. The molecule has 1 aromatic heterocycles. The SMILES string of the molecule is COc1ccc2nc(N(CCCN3CCOCC3)C(=O)COc3ccc(C(C)C)cc3)sc2c1. The van der Waals surface area contributed by atoms with E-state index in [0.29, 0.717) is 23.3 Å². The minimum absolute atomic E-state index is 0.0299. The number of anilines is 1. The van der Waals surface area contributed by atoms with E-state index < -0.39 is 0 Å². The summed E-state index contributed by atoms with van der Waals surface area (Å²) in [7, 11) is 1.65. The van der Waals surface area contributed by atoms with Gasteiger partial charge >= 0.3 is 0 Å². The maximum Gasteiger partial charge on any atom is 0.266 e. The first-order chi connectivity index (χ1) is 16.5. The van der Waals surface area contributed by atoms with Crippen molar-refractivity contribution < 1.29 is 19.0 Å². The summed E-state index contributed by atoms with van der Waals surface area (Å²) < 4.78 is 17.6. The van der Waals surface area contributed by atoms with Crippen LogP contribution in [0.5, 0.6) is 11.5 Å². The molecule has 3 aromatic rings. The predicted molar refractivity (Wildman–Crippen MR) is 136 cm³/mol. The maximum absolute atomic E-state index is 13.3. The number of methoxy groups -OCH3 is 1. The molecule has 182 valence electrons. The van der Waals surface area contributed by atoms with Gasteiger partial charge in [-0.15, -0.1) is 0 Å². The van der Waals surface area contributed by atoms with Crippen LogP contribution in [0.1, 0.15) is 31.7 Å². The van der Waals surface area contributed by atoms with Crippen molar-refractivity contribution in [2.45, 2.75) is 26.2 Å². The number of carbonyl (C=O) groups is 1. The Bertz CT molecular complexity index is 1080. The van der Waals surface area contributed by atoms with Gasteiger partial charge in [0, 0.05) is 26.2 Å². The first kappa shape index (κ1) is 24.4. The smallest absolute Gasteiger partial charge is 0.266 e. The Morgan fingerprint density at radius 2 is 1.88 bits per heavy atom. The Hall–Kier alpha value is -2.68. The lowest BCUT2D eigenvalue weighted by atomic mass is 10.0.